The molecule has 0 spiro atoms. The van der Waals surface area contributed by atoms with Crippen LogP contribution in [0, 0.1) is 6.92 Å². The van der Waals surface area contributed by atoms with E-state index in [9.17, 15) is 14.4 Å². The Kier molecular flexibility index (Phi) is 4.12. The number of ether oxygens (including phenoxy) is 1. The normalized spacial score (nSPS) is 10.5. The van der Waals surface area contributed by atoms with Crippen LogP contribution < -0.4 is 10.5 Å². The lowest BCUT2D eigenvalue weighted by Crippen LogP contribution is -2.24. The van der Waals surface area contributed by atoms with E-state index in [0.29, 0.717) is 29.0 Å². The topological polar surface area (TPSA) is 91.4 Å². The number of primary amides is 1. The van der Waals surface area contributed by atoms with Gasteiger partial charge in [0.25, 0.3) is 17.6 Å². The number of hydrogen-bond acceptors (Lipinski definition) is 4. The molecule has 0 saturated carbocycles. The first-order valence-corrected chi connectivity index (χ1v) is 6.71. The maximum absolute atomic E-state index is 12.2. The van der Waals surface area contributed by atoms with E-state index in [-0.39, 0.29) is 5.56 Å². The van der Waals surface area contributed by atoms with Crippen LogP contribution in [0.5, 0.6) is 5.75 Å². The van der Waals surface area contributed by atoms with Gasteiger partial charge in [0.15, 0.2) is 0 Å². The highest BCUT2D eigenvalue weighted by molar-refractivity contribution is 6.45. The summed E-state index contributed by atoms with van der Waals surface area (Å²) in [6.07, 6.45) is 1.14. The van der Waals surface area contributed by atoms with Gasteiger partial charge in [0, 0.05) is 5.69 Å². The van der Waals surface area contributed by atoms with Gasteiger partial charge in [-0.3, -0.25) is 19.0 Å². The highest BCUT2D eigenvalue weighted by atomic mass is 16.5. The fourth-order valence-electron chi connectivity index (χ4n) is 2.48. The van der Waals surface area contributed by atoms with Gasteiger partial charge < -0.3 is 10.5 Å². The summed E-state index contributed by atoms with van der Waals surface area (Å²) in [6.45, 7) is 7.21. The van der Waals surface area contributed by atoms with Crippen LogP contribution in [0.4, 0.5) is 0 Å². The van der Waals surface area contributed by atoms with Crippen LogP contribution in [0.15, 0.2) is 30.9 Å². The molecular weight excluding hydrogens is 284 g/mol. The molecule has 0 atom stereocenters. The van der Waals surface area contributed by atoms with Crippen LogP contribution in [0.2, 0.25) is 0 Å². The van der Waals surface area contributed by atoms with E-state index in [0.717, 1.165) is 6.08 Å². The second-order valence-corrected chi connectivity index (χ2v) is 4.61. The van der Waals surface area contributed by atoms with Gasteiger partial charge >= 0.3 is 0 Å². The Morgan fingerprint density at radius 3 is 2.59 bits per heavy atom. The first-order chi connectivity index (χ1) is 10.4. The van der Waals surface area contributed by atoms with Gasteiger partial charge in [-0.05, 0) is 32.1 Å². The lowest BCUT2D eigenvalue weighted by molar-refractivity contribution is -0.114. The SMILES string of the molecule is C=CC(=O)n1c(C)c(C(=O)C(N)=O)c2c(OCC)cccc21. The van der Waals surface area contributed by atoms with Crippen molar-refractivity contribution in [3.63, 3.8) is 0 Å². The second kappa shape index (κ2) is 5.85. The number of allylic oxidation sites excluding steroid dienone is 1. The fraction of sp³-hybridized carbons (Fsp3) is 0.188. The smallest absolute Gasteiger partial charge is 0.289 e. The zero-order valence-electron chi connectivity index (χ0n) is 12.4. The average Bonchev–Trinajstić information content (AvgIpc) is 2.79. The number of nitrogens with zero attached hydrogens (tertiary/aromatic N) is 1. The molecule has 1 aromatic carbocycles. The largest absolute Gasteiger partial charge is 0.493 e. The summed E-state index contributed by atoms with van der Waals surface area (Å²) in [5.41, 5.74) is 6.01. The highest BCUT2D eigenvalue weighted by Crippen LogP contribution is 2.34. The molecule has 2 aromatic rings. The van der Waals surface area contributed by atoms with Crippen molar-refractivity contribution in [1.29, 1.82) is 0 Å². The number of amides is 1. The molecule has 1 amide bonds. The standard InChI is InChI=1S/C16H16N2O4/c1-4-12(19)18-9(3)13(15(20)16(17)21)14-10(18)7-6-8-11(14)22-5-2/h4,6-8H,1,5H2,2-3H3,(H2,17,21). The van der Waals surface area contributed by atoms with Gasteiger partial charge in [-0.15, -0.1) is 0 Å². The zero-order valence-corrected chi connectivity index (χ0v) is 12.4. The molecule has 6 nitrogen and oxygen atoms in total. The summed E-state index contributed by atoms with van der Waals surface area (Å²) in [5, 5.41) is 0.404. The minimum atomic E-state index is -1.08. The number of carbonyl (C=O) groups excluding carboxylic acids is 3. The molecule has 0 radical (unpaired) electrons. The van der Waals surface area contributed by atoms with Crippen molar-refractivity contribution >= 4 is 28.5 Å². The molecule has 0 saturated heterocycles. The van der Waals surface area contributed by atoms with Gasteiger partial charge in [0.1, 0.15) is 5.75 Å². The van der Waals surface area contributed by atoms with Crippen molar-refractivity contribution in [2.24, 2.45) is 5.73 Å². The summed E-state index contributed by atoms with van der Waals surface area (Å²) < 4.78 is 6.84. The van der Waals surface area contributed by atoms with Gasteiger partial charge in [0.2, 0.25) is 0 Å². The van der Waals surface area contributed by atoms with Crippen molar-refractivity contribution in [2.75, 3.05) is 6.61 Å². The van der Waals surface area contributed by atoms with E-state index in [1.165, 1.54) is 4.57 Å². The van der Waals surface area contributed by atoms with Crippen molar-refractivity contribution in [3.8, 4) is 5.75 Å². The molecule has 2 N–H and O–H groups in total. The predicted octanol–water partition coefficient (Wildman–Crippen LogP) is 1.84. The number of benzene rings is 1. The van der Waals surface area contributed by atoms with Crippen molar-refractivity contribution in [3.05, 3.63) is 42.1 Å². The molecule has 0 aliphatic heterocycles. The van der Waals surface area contributed by atoms with E-state index in [4.69, 9.17) is 10.5 Å². The molecule has 0 bridgehead atoms. The Balaban J connectivity index is 2.95. The molecule has 114 valence electrons. The molecule has 0 aliphatic carbocycles. The number of aromatic nitrogens is 1. The Morgan fingerprint density at radius 1 is 1.36 bits per heavy atom. The van der Waals surface area contributed by atoms with Crippen molar-refractivity contribution in [1.82, 2.24) is 4.57 Å². The molecule has 1 heterocycles. The third kappa shape index (κ3) is 2.28. The number of carbonyl (C=O) groups is 3. The molecule has 6 heteroatoms. The number of rotatable bonds is 5. The summed E-state index contributed by atoms with van der Waals surface area (Å²) >= 11 is 0. The number of fused-ring (bicyclic) bond motifs is 1. The zero-order chi connectivity index (χ0) is 16.4. The van der Waals surface area contributed by atoms with Crippen LogP contribution in [-0.2, 0) is 4.79 Å². The van der Waals surface area contributed by atoms with E-state index < -0.39 is 17.6 Å². The number of nitrogens with two attached hydrogens (primary N) is 1. The van der Waals surface area contributed by atoms with Crippen LogP contribution in [-0.4, -0.2) is 28.8 Å². The summed E-state index contributed by atoms with van der Waals surface area (Å²) in [7, 11) is 0. The molecule has 22 heavy (non-hydrogen) atoms. The summed E-state index contributed by atoms with van der Waals surface area (Å²) in [4.78, 5) is 35.6. The number of Topliss-reactive ketones (excluding diaryl/α,β-unsaturated/α-hetero) is 1. The second-order valence-electron chi connectivity index (χ2n) is 4.61. The predicted molar refractivity (Wildman–Crippen MR) is 82.2 cm³/mol. The Labute approximate surface area is 127 Å². The van der Waals surface area contributed by atoms with Crippen LogP contribution in [0.1, 0.15) is 27.8 Å². The summed E-state index contributed by atoms with van der Waals surface area (Å²) in [5.74, 6) is -1.92. The average molecular weight is 300 g/mol. The maximum Gasteiger partial charge on any atom is 0.289 e. The Hall–Kier alpha value is -2.89. The lowest BCUT2D eigenvalue weighted by atomic mass is 10.1. The third-order valence-electron chi connectivity index (χ3n) is 3.34. The number of hydrogen-bond donors (Lipinski definition) is 1. The minimum absolute atomic E-state index is 0.0850. The van der Waals surface area contributed by atoms with Crippen LogP contribution >= 0.6 is 0 Å². The first kappa shape index (κ1) is 15.5. The molecule has 2 rings (SSSR count). The number of ketones is 1. The van der Waals surface area contributed by atoms with Gasteiger partial charge in [-0.25, -0.2) is 0 Å². The van der Waals surface area contributed by atoms with Crippen molar-refractivity contribution < 1.29 is 19.1 Å². The van der Waals surface area contributed by atoms with E-state index in [2.05, 4.69) is 6.58 Å². The van der Waals surface area contributed by atoms with Gasteiger partial charge in [0.05, 0.1) is 23.1 Å². The van der Waals surface area contributed by atoms with Crippen LogP contribution in [0.25, 0.3) is 10.9 Å². The van der Waals surface area contributed by atoms with Gasteiger partial charge in [-0.1, -0.05) is 12.6 Å². The molecule has 0 aliphatic rings. The fourth-order valence-corrected chi connectivity index (χ4v) is 2.48. The van der Waals surface area contributed by atoms with Crippen molar-refractivity contribution in [2.45, 2.75) is 13.8 Å². The van der Waals surface area contributed by atoms with E-state index >= 15 is 0 Å². The minimum Gasteiger partial charge on any atom is -0.493 e. The van der Waals surface area contributed by atoms with Gasteiger partial charge in [-0.2, -0.15) is 0 Å². The molecule has 1 aromatic heterocycles. The lowest BCUT2D eigenvalue weighted by Gasteiger charge is -2.06. The third-order valence-corrected chi connectivity index (χ3v) is 3.34. The van der Waals surface area contributed by atoms with Crippen LogP contribution in [0.3, 0.4) is 0 Å². The first-order valence-electron chi connectivity index (χ1n) is 6.71. The molecular formula is C16H16N2O4. The monoisotopic (exact) mass is 300 g/mol. The molecule has 0 unspecified atom stereocenters. The van der Waals surface area contributed by atoms with E-state index in [1.54, 1.807) is 32.0 Å². The Bertz CT molecular complexity index is 802. The maximum atomic E-state index is 12.2. The molecule has 0 fully saturated rings. The quantitative estimate of drug-likeness (QED) is 0.518. The Morgan fingerprint density at radius 2 is 2.05 bits per heavy atom. The van der Waals surface area contributed by atoms with E-state index in [1.807, 2.05) is 0 Å². The summed E-state index contributed by atoms with van der Waals surface area (Å²) in [6, 6.07) is 5.05. The highest BCUT2D eigenvalue weighted by Gasteiger charge is 2.27.